The number of carbonyl (C=O) groups is 2. The highest BCUT2D eigenvalue weighted by molar-refractivity contribution is 7.93. The predicted octanol–water partition coefficient (Wildman–Crippen LogP) is 4.26. The standard InChI is InChI=1S/C25H30N2O4S/c1-18-7-12-22(17-19(18)2)32(30,31)25(13-3-4-14-25)24(29)26-21-10-8-20(9-11-21)23(28)27-15-5-6-16-27/h7-12,17H,3-6,13-16H2,1-2H3,(H,26,29). The van der Waals surface area contributed by atoms with Crippen LogP contribution in [0.2, 0.25) is 0 Å². The number of hydrogen-bond acceptors (Lipinski definition) is 4. The highest BCUT2D eigenvalue weighted by Gasteiger charge is 2.53. The monoisotopic (exact) mass is 454 g/mol. The normalized spacial score (nSPS) is 18.0. The summed E-state index contributed by atoms with van der Waals surface area (Å²) in [6.45, 7) is 5.36. The molecule has 1 heterocycles. The Morgan fingerprint density at radius 3 is 2.09 bits per heavy atom. The number of sulfone groups is 1. The minimum Gasteiger partial charge on any atom is -0.339 e. The lowest BCUT2D eigenvalue weighted by molar-refractivity contribution is -0.118. The largest absolute Gasteiger partial charge is 0.339 e. The fourth-order valence-corrected chi connectivity index (χ4v) is 6.87. The Bertz CT molecular complexity index is 1130. The number of aryl methyl sites for hydroxylation is 2. The number of nitrogens with one attached hydrogen (secondary N) is 1. The lowest BCUT2D eigenvalue weighted by atomic mass is 10.1. The molecule has 2 aliphatic rings. The summed E-state index contributed by atoms with van der Waals surface area (Å²) in [5.41, 5.74) is 2.97. The molecule has 1 saturated carbocycles. The maximum absolute atomic E-state index is 13.6. The van der Waals surface area contributed by atoms with E-state index in [9.17, 15) is 18.0 Å². The van der Waals surface area contributed by atoms with Gasteiger partial charge in [-0.2, -0.15) is 0 Å². The number of carbonyl (C=O) groups excluding carboxylic acids is 2. The maximum atomic E-state index is 13.6. The van der Waals surface area contributed by atoms with E-state index >= 15 is 0 Å². The second-order valence-corrected chi connectivity index (χ2v) is 11.2. The van der Waals surface area contributed by atoms with E-state index in [1.165, 1.54) is 0 Å². The minimum atomic E-state index is -3.86. The molecule has 7 heteroatoms. The molecule has 0 bridgehead atoms. The molecule has 6 nitrogen and oxygen atoms in total. The number of anilines is 1. The van der Waals surface area contributed by atoms with Gasteiger partial charge >= 0.3 is 0 Å². The van der Waals surface area contributed by atoms with Crippen molar-refractivity contribution in [1.29, 1.82) is 0 Å². The van der Waals surface area contributed by atoms with Gasteiger partial charge in [0.2, 0.25) is 5.91 Å². The molecule has 0 radical (unpaired) electrons. The van der Waals surface area contributed by atoms with E-state index in [0.29, 0.717) is 36.9 Å². The summed E-state index contributed by atoms with van der Waals surface area (Å²) in [4.78, 5) is 27.9. The van der Waals surface area contributed by atoms with Crippen molar-refractivity contribution in [1.82, 2.24) is 4.90 Å². The van der Waals surface area contributed by atoms with E-state index in [2.05, 4.69) is 5.32 Å². The second-order valence-electron chi connectivity index (χ2n) is 8.98. The van der Waals surface area contributed by atoms with Crippen molar-refractivity contribution in [2.45, 2.75) is 62.0 Å². The van der Waals surface area contributed by atoms with Gasteiger partial charge in [-0.1, -0.05) is 18.9 Å². The first-order chi connectivity index (χ1) is 15.2. The molecule has 2 aromatic rings. The summed E-state index contributed by atoms with van der Waals surface area (Å²) >= 11 is 0. The van der Waals surface area contributed by atoms with Gasteiger partial charge in [0.1, 0.15) is 0 Å². The minimum absolute atomic E-state index is 0.00930. The van der Waals surface area contributed by atoms with Crippen LogP contribution in [0.5, 0.6) is 0 Å². The maximum Gasteiger partial charge on any atom is 0.253 e. The van der Waals surface area contributed by atoms with Crippen LogP contribution in [-0.4, -0.2) is 43.0 Å². The van der Waals surface area contributed by atoms with Crippen molar-refractivity contribution >= 4 is 27.3 Å². The lowest BCUT2D eigenvalue weighted by Crippen LogP contribution is -2.47. The molecule has 1 aliphatic heterocycles. The van der Waals surface area contributed by atoms with Crippen LogP contribution < -0.4 is 5.32 Å². The highest BCUT2D eigenvalue weighted by Crippen LogP contribution is 2.41. The summed E-state index contributed by atoms with van der Waals surface area (Å²) in [5, 5.41) is 2.82. The van der Waals surface area contributed by atoms with Gasteiger partial charge in [0, 0.05) is 24.3 Å². The summed E-state index contributed by atoms with van der Waals surface area (Å²) in [7, 11) is -3.86. The van der Waals surface area contributed by atoms with Crippen LogP contribution in [0.3, 0.4) is 0 Å². The first-order valence-electron chi connectivity index (χ1n) is 11.3. The summed E-state index contributed by atoms with van der Waals surface area (Å²) in [5.74, 6) is -0.503. The molecule has 0 spiro atoms. The Labute approximate surface area is 189 Å². The number of nitrogens with zero attached hydrogens (tertiary/aromatic N) is 1. The van der Waals surface area contributed by atoms with Crippen molar-refractivity contribution in [2.75, 3.05) is 18.4 Å². The van der Waals surface area contributed by atoms with Crippen LogP contribution in [-0.2, 0) is 14.6 Å². The molecule has 170 valence electrons. The van der Waals surface area contributed by atoms with Crippen molar-refractivity contribution < 1.29 is 18.0 Å². The Balaban J connectivity index is 1.57. The average Bonchev–Trinajstić information content (AvgIpc) is 3.49. The van der Waals surface area contributed by atoms with E-state index in [-0.39, 0.29) is 10.8 Å². The third-order valence-electron chi connectivity index (χ3n) is 6.91. The van der Waals surface area contributed by atoms with Crippen LogP contribution >= 0.6 is 0 Å². The van der Waals surface area contributed by atoms with Gasteiger partial charge in [0.05, 0.1) is 4.90 Å². The molecule has 0 atom stereocenters. The molecule has 2 fully saturated rings. The zero-order valence-corrected chi connectivity index (χ0v) is 19.5. The molecule has 1 saturated heterocycles. The zero-order valence-electron chi connectivity index (χ0n) is 18.7. The van der Waals surface area contributed by atoms with Gasteiger partial charge in [-0.25, -0.2) is 8.42 Å². The van der Waals surface area contributed by atoms with Crippen molar-refractivity contribution in [3.63, 3.8) is 0 Å². The van der Waals surface area contributed by atoms with Gasteiger partial charge in [-0.15, -0.1) is 0 Å². The molecule has 2 amide bonds. The molecular weight excluding hydrogens is 424 g/mol. The van der Waals surface area contributed by atoms with Crippen molar-refractivity contribution in [2.24, 2.45) is 0 Å². The fourth-order valence-electron chi connectivity index (χ4n) is 4.71. The van der Waals surface area contributed by atoms with Crippen LogP contribution in [0.25, 0.3) is 0 Å². The zero-order chi connectivity index (χ0) is 22.9. The first kappa shape index (κ1) is 22.5. The van der Waals surface area contributed by atoms with Gasteiger partial charge < -0.3 is 10.2 Å². The topological polar surface area (TPSA) is 83.5 Å². The fraction of sp³-hybridized carbons (Fsp3) is 0.440. The van der Waals surface area contributed by atoms with Gasteiger partial charge in [-0.05, 0) is 87.1 Å². The molecule has 32 heavy (non-hydrogen) atoms. The molecule has 2 aromatic carbocycles. The van der Waals surface area contributed by atoms with Gasteiger partial charge in [0.15, 0.2) is 14.6 Å². The first-order valence-corrected chi connectivity index (χ1v) is 12.8. The molecule has 1 N–H and O–H groups in total. The van der Waals surface area contributed by atoms with Gasteiger partial charge in [0.25, 0.3) is 5.91 Å². The van der Waals surface area contributed by atoms with Crippen LogP contribution in [0, 0.1) is 13.8 Å². The van der Waals surface area contributed by atoms with Crippen LogP contribution in [0.1, 0.15) is 60.0 Å². The van der Waals surface area contributed by atoms with E-state index in [1.807, 2.05) is 18.7 Å². The summed E-state index contributed by atoms with van der Waals surface area (Å²) < 4.78 is 25.8. The van der Waals surface area contributed by atoms with E-state index in [0.717, 1.165) is 37.1 Å². The molecule has 1 aliphatic carbocycles. The van der Waals surface area contributed by atoms with E-state index < -0.39 is 20.5 Å². The number of benzene rings is 2. The number of amides is 2. The van der Waals surface area contributed by atoms with Gasteiger partial charge in [-0.3, -0.25) is 9.59 Å². The van der Waals surface area contributed by atoms with Crippen molar-refractivity contribution in [3.05, 3.63) is 59.2 Å². The molecular formula is C25H30N2O4S. The van der Waals surface area contributed by atoms with Crippen LogP contribution in [0.4, 0.5) is 5.69 Å². The predicted molar refractivity (Wildman–Crippen MR) is 125 cm³/mol. The Morgan fingerprint density at radius 1 is 0.875 bits per heavy atom. The lowest BCUT2D eigenvalue weighted by Gasteiger charge is -2.28. The van der Waals surface area contributed by atoms with Crippen molar-refractivity contribution in [3.8, 4) is 0 Å². The average molecular weight is 455 g/mol. The Hall–Kier alpha value is -2.67. The summed E-state index contributed by atoms with van der Waals surface area (Å²) in [6.07, 6.45) is 4.05. The van der Waals surface area contributed by atoms with E-state index in [4.69, 9.17) is 0 Å². The van der Waals surface area contributed by atoms with E-state index in [1.54, 1.807) is 42.5 Å². The third-order valence-corrected chi connectivity index (χ3v) is 9.41. The second kappa shape index (κ2) is 8.70. The Morgan fingerprint density at radius 2 is 1.50 bits per heavy atom. The quantitative estimate of drug-likeness (QED) is 0.732. The number of likely N-dealkylation sites (tertiary alicyclic amines) is 1. The third kappa shape index (κ3) is 3.94. The summed E-state index contributed by atoms with van der Waals surface area (Å²) in [6, 6.07) is 11.8. The molecule has 0 aromatic heterocycles. The number of rotatable bonds is 5. The Kier molecular flexibility index (Phi) is 6.12. The smallest absolute Gasteiger partial charge is 0.253 e. The SMILES string of the molecule is Cc1ccc(S(=O)(=O)C2(C(=O)Nc3ccc(C(=O)N4CCCC4)cc3)CCCC2)cc1C. The number of hydrogen-bond donors (Lipinski definition) is 1. The van der Waals surface area contributed by atoms with Crippen LogP contribution in [0.15, 0.2) is 47.4 Å². The highest BCUT2D eigenvalue weighted by atomic mass is 32.2. The molecule has 4 rings (SSSR count). The molecule has 0 unspecified atom stereocenters.